The maximum absolute atomic E-state index is 12.1. The molecule has 4 nitrogen and oxygen atoms in total. The van der Waals surface area contributed by atoms with Crippen LogP contribution in [-0.2, 0) is 0 Å². The fraction of sp³-hybridized carbons (Fsp3) is 0.562. The highest BCUT2D eigenvalue weighted by Gasteiger charge is 2.29. The van der Waals surface area contributed by atoms with Gasteiger partial charge in [0.15, 0.2) is 0 Å². The summed E-state index contributed by atoms with van der Waals surface area (Å²) >= 11 is 12.4. The van der Waals surface area contributed by atoms with Crippen LogP contribution in [0.2, 0.25) is 10.0 Å². The fourth-order valence-corrected chi connectivity index (χ4v) is 3.55. The Bertz CT molecular complexity index is 513. The van der Waals surface area contributed by atoms with Gasteiger partial charge < -0.3 is 15.3 Å². The Morgan fingerprint density at radius 3 is 2.55 bits per heavy atom. The highest BCUT2D eigenvalue weighted by Crippen LogP contribution is 2.31. The van der Waals surface area contributed by atoms with Gasteiger partial charge in [0.25, 0.3) is 0 Å². The zero-order valence-electron chi connectivity index (χ0n) is 12.9. The number of rotatable bonds is 5. The van der Waals surface area contributed by atoms with Crippen molar-refractivity contribution in [1.29, 1.82) is 0 Å². The molecule has 1 aliphatic carbocycles. The normalized spacial score (nSPS) is 21.9. The summed E-state index contributed by atoms with van der Waals surface area (Å²) < 4.78 is 0. The van der Waals surface area contributed by atoms with E-state index in [4.69, 9.17) is 23.2 Å². The van der Waals surface area contributed by atoms with Crippen LogP contribution in [0, 0.1) is 5.92 Å². The number of urea groups is 1. The van der Waals surface area contributed by atoms with Crippen LogP contribution in [0.3, 0.4) is 0 Å². The second kappa shape index (κ2) is 7.53. The lowest BCUT2D eigenvalue weighted by Gasteiger charge is -2.34. The third kappa shape index (κ3) is 4.28. The molecule has 2 amide bonds. The monoisotopic (exact) mass is 344 g/mol. The molecule has 1 aromatic carbocycles. The van der Waals surface area contributed by atoms with E-state index in [0.717, 1.165) is 18.4 Å². The summed E-state index contributed by atoms with van der Waals surface area (Å²) in [5, 5.41) is 13.4. The quantitative estimate of drug-likeness (QED) is 0.858. The lowest BCUT2D eigenvalue weighted by molar-refractivity contribution is 0.0325. The van der Waals surface area contributed by atoms with Crippen LogP contribution < -0.4 is 5.32 Å². The second-order valence-electron chi connectivity index (χ2n) is 6.09. The average Bonchev–Trinajstić information content (AvgIpc) is 2.42. The third-order valence-electron chi connectivity index (χ3n) is 4.14. The SMILES string of the molecule is C[C@H](CNC(=O)N(C)CC1CC(O)C1)c1c(Cl)cccc1Cl. The number of carbonyl (C=O) groups excluding carboxylic acids is 1. The van der Waals surface area contributed by atoms with Crippen LogP contribution >= 0.6 is 23.2 Å². The molecule has 0 aliphatic heterocycles. The number of nitrogens with one attached hydrogen (secondary N) is 1. The number of hydrogen-bond acceptors (Lipinski definition) is 2. The van der Waals surface area contributed by atoms with Crippen molar-refractivity contribution in [3.05, 3.63) is 33.8 Å². The lowest BCUT2D eigenvalue weighted by atomic mass is 9.82. The Balaban J connectivity index is 1.82. The van der Waals surface area contributed by atoms with E-state index in [2.05, 4.69) is 5.32 Å². The van der Waals surface area contributed by atoms with Crippen molar-refractivity contribution in [3.63, 3.8) is 0 Å². The Kier molecular flexibility index (Phi) is 5.95. The molecule has 0 saturated heterocycles. The van der Waals surface area contributed by atoms with Gasteiger partial charge in [-0.2, -0.15) is 0 Å². The van der Waals surface area contributed by atoms with Gasteiger partial charge in [-0.1, -0.05) is 36.2 Å². The van der Waals surface area contributed by atoms with Gasteiger partial charge in [-0.15, -0.1) is 0 Å². The second-order valence-corrected chi connectivity index (χ2v) is 6.91. The van der Waals surface area contributed by atoms with Gasteiger partial charge in [0.05, 0.1) is 6.10 Å². The predicted octanol–water partition coefficient (Wildman–Crippen LogP) is 3.51. The number of halogens is 2. The van der Waals surface area contributed by atoms with Crippen molar-refractivity contribution in [2.75, 3.05) is 20.1 Å². The summed E-state index contributed by atoms with van der Waals surface area (Å²) in [4.78, 5) is 13.8. The first-order chi connectivity index (χ1) is 10.4. The number of amides is 2. The van der Waals surface area contributed by atoms with Gasteiger partial charge in [0.2, 0.25) is 0 Å². The molecule has 6 heteroatoms. The summed E-state index contributed by atoms with van der Waals surface area (Å²) in [6, 6.07) is 5.29. The van der Waals surface area contributed by atoms with Gasteiger partial charge in [0.1, 0.15) is 0 Å². The van der Waals surface area contributed by atoms with E-state index in [1.165, 1.54) is 0 Å². The Morgan fingerprint density at radius 2 is 2.00 bits per heavy atom. The van der Waals surface area contributed by atoms with Crippen LogP contribution in [-0.4, -0.2) is 42.3 Å². The molecular formula is C16H22Cl2N2O2. The van der Waals surface area contributed by atoms with Crippen LogP contribution in [0.4, 0.5) is 4.79 Å². The molecule has 22 heavy (non-hydrogen) atoms. The van der Waals surface area contributed by atoms with Crippen molar-refractivity contribution >= 4 is 29.2 Å². The zero-order valence-corrected chi connectivity index (χ0v) is 14.4. The number of carbonyl (C=O) groups is 1. The Hall–Kier alpha value is -0.970. The number of nitrogens with zero attached hydrogens (tertiary/aromatic N) is 1. The molecule has 1 atom stereocenters. The van der Waals surface area contributed by atoms with Crippen LogP contribution in [0.1, 0.15) is 31.2 Å². The van der Waals surface area contributed by atoms with E-state index in [-0.39, 0.29) is 18.1 Å². The minimum absolute atomic E-state index is 0.0316. The Morgan fingerprint density at radius 1 is 1.41 bits per heavy atom. The minimum Gasteiger partial charge on any atom is -0.393 e. The highest BCUT2D eigenvalue weighted by molar-refractivity contribution is 6.36. The first-order valence-corrected chi connectivity index (χ1v) is 8.25. The summed E-state index contributed by atoms with van der Waals surface area (Å²) in [6.45, 7) is 3.12. The van der Waals surface area contributed by atoms with E-state index in [9.17, 15) is 9.90 Å². The minimum atomic E-state index is -0.191. The average molecular weight is 345 g/mol. The molecule has 122 valence electrons. The molecule has 0 bridgehead atoms. The molecule has 0 aromatic heterocycles. The highest BCUT2D eigenvalue weighted by atomic mass is 35.5. The summed E-state index contributed by atoms with van der Waals surface area (Å²) in [5.41, 5.74) is 0.857. The summed E-state index contributed by atoms with van der Waals surface area (Å²) in [6.07, 6.45) is 1.37. The number of aliphatic hydroxyl groups excluding tert-OH is 1. The van der Waals surface area contributed by atoms with E-state index in [0.29, 0.717) is 29.1 Å². The van der Waals surface area contributed by atoms with Crippen molar-refractivity contribution in [3.8, 4) is 0 Å². The van der Waals surface area contributed by atoms with E-state index in [1.54, 1.807) is 30.1 Å². The molecule has 1 fully saturated rings. The lowest BCUT2D eigenvalue weighted by Crippen LogP contribution is -2.44. The third-order valence-corrected chi connectivity index (χ3v) is 4.80. The van der Waals surface area contributed by atoms with E-state index < -0.39 is 0 Å². The first-order valence-electron chi connectivity index (χ1n) is 7.49. The molecule has 1 aromatic rings. The molecule has 2 N–H and O–H groups in total. The topological polar surface area (TPSA) is 52.6 Å². The molecule has 0 heterocycles. The van der Waals surface area contributed by atoms with Gasteiger partial charge in [-0.05, 0) is 36.5 Å². The summed E-state index contributed by atoms with van der Waals surface area (Å²) in [7, 11) is 1.77. The van der Waals surface area contributed by atoms with Crippen LogP contribution in [0.25, 0.3) is 0 Å². The largest absolute Gasteiger partial charge is 0.393 e. The van der Waals surface area contributed by atoms with Crippen molar-refractivity contribution in [1.82, 2.24) is 10.2 Å². The smallest absolute Gasteiger partial charge is 0.317 e. The van der Waals surface area contributed by atoms with Crippen molar-refractivity contribution in [2.45, 2.75) is 31.8 Å². The van der Waals surface area contributed by atoms with Crippen molar-refractivity contribution < 1.29 is 9.90 Å². The number of benzene rings is 1. The predicted molar refractivity (Wildman–Crippen MR) is 89.6 cm³/mol. The first kappa shape index (κ1) is 17.4. The molecule has 1 aliphatic rings. The number of hydrogen-bond donors (Lipinski definition) is 2. The van der Waals surface area contributed by atoms with Gasteiger partial charge in [-0.3, -0.25) is 0 Å². The van der Waals surface area contributed by atoms with Crippen LogP contribution in [0.15, 0.2) is 18.2 Å². The molecule has 0 radical (unpaired) electrons. The van der Waals surface area contributed by atoms with Gasteiger partial charge >= 0.3 is 6.03 Å². The molecular weight excluding hydrogens is 323 g/mol. The maximum atomic E-state index is 12.1. The molecule has 0 spiro atoms. The molecule has 0 unspecified atom stereocenters. The van der Waals surface area contributed by atoms with Gasteiger partial charge in [0, 0.05) is 36.1 Å². The Labute approximate surface area is 141 Å². The summed E-state index contributed by atoms with van der Waals surface area (Å²) in [5.74, 6) is 0.435. The molecule has 1 saturated carbocycles. The molecule has 2 rings (SSSR count). The zero-order chi connectivity index (χ0) is 16.3. The van der Waals surface area contributed by atoms with E-state index in [1.807, 2.05) is 6.92 Å². The van der Waals surface area contributed by atoms with Crippen molar-refractivity contribution in [2.24, 2.45) is 5.92 Å². The maximum Gasteiger partial charge on any atom is 0.317 e. The fourth-order valence-electron chi connectivity index (χ4n) is 2.78. The van der Waals surface area contributed by atoms with Gasteiger partial charge in [-0.25, -0.2) is 4.79 Å². The number of aliphatic hydroxyl groups is 1. The van der Waals surface area contributed by atoms with Crippen LogP contribution in [0.5, 0.6) is 0 Å². The standard InChI is InChI=1S/C16H22Cl2N2O2/c1-10(15-13(17)4-3-5-14(15)18)8-19-16(22)20(2)9-11-6-12(21)7-11/h3-5,10-12,21H,6-9H2,1-2H3,(H,19,22)/t10-,11?,12?/m1/s1. The van der Waals surface area contributed by atoms with E-state index >= 15 is 0 Å².